The number of hydrogen-bond donors (Lipinski definition) is 2. The summed E-state index contributed by atoms with van der Waals surface area (Å²) in [4.78, 5) is 0. The quantitative estimate of drug-likeness (QED) is 0.793. The Hall–Kier alpha value is -1.34. The molecular weight excluding hydrogens is 278 g/mol. The highest BCUT2D eigenvalue weighted by molar-refractivity contribution is 5.34. The van der Waals surface area contributed by atoms with Crippen LogP contribution < -0.4 is 10.1 Å². The lowest BCUT2D eigenvalue weighted by molar-refractivity contribution is -0.210. The molecule has 1 aromatic rings. The van der Waals surface area contributed by atoms with Crippen molar-refractivity contribution >= 4 is 0 Å². The van der Waals surface area contributed by atoms with Crippen molar-refractivity contribution in [2.75, 3.05) is 6.61 Å². The van der Waals surface area contributed by atoms with E-state index in [2.05, 4.69) is 5.32 Å². The molecule has 0 saturated heterocycles. The average molecular weight is 295 g/mol. The number of alkyl halides is 3. The van der Waals surface area contributed by atoms with Crippen LogP contribution in [0.2, 0.25) is 0 Å². The topological polar surface area (TPSA) is 41.5 Å². The molecule has 0 bridgehead atoms. The van der Waals surface area contributed by atoms with Gasteiger partial charge in [0.1, 0.15) is 18.2 Å². The first-order chi connectivity index (χ1) is 9.20. The van der Waals surface area contributed by atoms with E-state index in [0.717, 1.165) is 6.07 Å². The molecule has 0 heterocycles. The first-order valence-corrected chi connectivity index (χ1v) is 6.09. The molecular formula is C13H17F4NO2. The SMILES string of the molecule is CC(C)NCc1cc(F)ccc1OCC(O)C(F)(F)F. The van der Waals surface area contributed by atoms with Gasteiger partial charge in [-0.25, -0.2) is 4.39 Å². The Labute approximate surface area is 114 Å². The molecule has 0 aliphatic carbocycles. The summed E-state index contributed by atoms with van der Waals surface area (Å²) < 4.78 is 54.6. The Morgan fingerprint density at radius 3 is 2.50 bits per heavy atom. The maximum absolute atomic E-state index is 13.1. The lowest BCUT2D eigenvalue weighted by Gasteiger charge is -2.18. The summed E-state index contributed by atoms with van der Waals surface area (Å²) in [5.41, 5.74) is 0.396. The van der Waals surface area contributed by atoms with Crippen LogP contribution in [0.1, 0.15) is 19.4 Å². The van der Waals surface area contributed by atoms with Crippen molar-refractivity contribution in [1.82, 2.24) is 5.32 Å². The van der Waals surface area contributed by atoms with Crippen LogP contribution in [-0.2, 0) is 6.54 Å². The zero-order chi connectivity index (χ0) is 15.3. The van der Waals surface area contributed by atoms with Gasteiger partial charge in [-0.1, -0.05) is 13.8 Å². The van der Waals surface area contributed by atoms with E-state index in [1.165, 1.54) is 12.1 Å². The number of ether oxygens (including phenoxy) is 1. The average Bonchev–Trinajstić information content (AvgIpc) is 2.33. The van der Waals surface area contributed by atoms with Crippen LogP contribution in [0.25, 0.3) is 0 Å². The molecule has 1 unspecified atom stereocenters. The zero-order valence-electron chi connectivity index (χ0n) is 11.2. The Morgan fingerprint density at radius 1 is 1.30 bits per heavy atom. The summed E-state index contributed by atoms with van der Waals surface area (Å²) in [6.45, 7) is 3.09. The molecule has 3 nitrogen and oxygen atoms in total. The number of rotatable bonds is 6. The van der Waals surface area contributed by atoms with Crippen LogP contribution in [0.15, 0.2) is 18.2 Å². The minimum absolute atomic E-state index is 0.114. The Bertz CT molecular complexity index is 435. The maximum Gasteiger partial charge on any atom is 0.417 e. The maximum atomic E-state index is 13.1. The molecule has 0 fully saturated rings. The molecule has 0 spiro atoms. The van der Waals surface area contributed by atoms with Crippen molar-refractivity contribution in [2.24, 2.45) is 0 Å². The summed E-state index contributed by atoms with van der Waals surface area (Å²) in [7, 11) is 0. The molecule has 0 amide bonds. The Kier molecular flexibility index (Phi) is 5.76. The second kappa shape index (κ2) is 6.90. The summed E-state index contributed by atoms with van der Waals surface area (Å²) >= 11 is 0. The summed E-state index contributed by atoms with van der Waals surface area (Å²) in [5.74, 6) is -0.392. The molecule has 0 saturated carbocycles. The van der Waals surface area contributed by atoms with Crippen molar-refractivity contribution in [2.45, 2.75) is 38.7 Å². The lowest BCUT2D eigenvalue weighted by Crippen LogP contribution is -2.34. The minimum Gasteiger partial charge on any atom is -0.490 e. The molecule has 20 heavy (non-hydrogen) atoms. The number of hydrogen-bond acceptors (Lipinski definition) is 3. The molecule has 0 aliphatic heterocycles. The van der Waals surface area contributed by atoms with E-state index >= 15 is 0 Å². The van der Waals surface area contributed by atoms with Crippen LogP contribution in [-0.4, -0.2) is 30.0 Å². The highest BCUT2D eigenvalue weighted by Crippen LogP contribution is 2.24. The Morgan fingerprint density at radius 2 is 1.95 bits per heavy atom. The molecule has 0 aromatic heterocycles. The van der Waals surface area contributed by atoms with Crippen molar-refractivity contribution in [3.05, 3.63) is 29.6 Å². The second-order valence-corrected chi connectivity index (χ2v) is 4.66. The van der Waals surface area contributed by atoms with Gasteiger partial charge >= 0.3 is 6.18 Å². The van der Waals surface area contributed by atoms with Gasteiger partial charge in [-0.3, -0.25) is 0 Å². The fourth-order valence-corrected chi connectivity index (χ4v) is 1.40. The van der Waals surface area contributed by atoms with Crippen molar-refractivity contribution in [3.63, 3.8) is 0 Å². The Balaban J connectivity index is 2.73. The first-order valence-electron chi connectivity index (χ1n) is 6.09. The zero-order valence-corrected chi connectivity index (χ0v) is 11.2. The molecule has 7 heteroatoms. The fourth-order valence-electron chi connectivity index (χ4n) is 1.40. The summed E-state index contributed by atoms with van der Waals surface area (Å²) in [6, 6.07) is 3.65. The van der Waals surface area contributed by atoms with Crippen molar-refractivity contribution < 1.29 is 27.4 Å². The predicted molar refractivity (Wildman–Crippen MR) is 65.9 cm³/mol. The van der Waals surface area contributed by atoms with Crippen LogP contribution in [0, 0.1) is 5.82 Å². The van der Waals surface area contributed by atoms with Crippen LogP contribution in [0.4, 0.5) is 17.6 Å². The lowest BCUT2D eigenvalue weighted by atomic mass is 10.2. The van der Waals surface area contributed by atoms with E-state index in [1.54, 1.807) is 0 Å². The normalized spacial score (nSPS) is 13.6. The fraction of sp³-hybridized carbons (Fsp3) is 0.538. The van der Waals surface area contributed by atoms with E-state index in [9.17, 15) is 17.6 Å². The largest absolute Gasteiger partial charge is 0.490 e. The van der Waals surface area contributed by atoms with Crippen molar-refractivity contribution in [1.29, 1.82) is 0 Å². The second-order valence-electron chi connectivity index (χ2n) is 4.66. The number of aliphatic hydroxyl groups excluding tert-OH is 1. The van der Waals surface area contributed by atoms with Gasteiger partial charge in [-0.2, -0.15) is 13.2 Å². The van der Waals surface area contributed by atoms with Gasteiger partial charge in [0.15, 0.2) is 6.10 Å². The molecule has 1 atom stereocenters. The third kappa shape index (κ3) is 5.34. The third-order valence-electron chi connectivity index (χ3n) is 2.50. The van der Waals surface area contributed by atoms with Crippen LogP contribution in [0.3, 0.4) is 0 Å². The monoisotopic (exact) mass is 295 g/mol. The van der Waals surface area contributed by atoms with Gasteiger partial charge in [0, 0.05) is 18.2 Å². The predicted octanol–water partition coefficient (Wildman–Crippen LogP) is 2.63. The minimum atomic E-state index is -4.74. The van der Waals surface area contributed by atoms with Crippen molar-refractivity contribution in [3.8, 4) is 5.75 Å². The molecule has 0 aliphatic rings. The molecule has 1 aromatic carbocycles. The standard InChI is InChI=1S/C13H17F4NO2/c1-8(2)18-6-9-5-10(14)3-4-11(9)20-7-12(19)13(15,16)17/h3-5,8,12,18-19H,6-7H2,1-2H3. The third-order valence-corrected chi connectivity index (χ3v) is 2.50. The van der Waals surface area contributed by atoms with E-state index in [1.807, 2.05) is 13.8 Å². The molecule has 1 rings (SSSR count). The van der Waals surface area contributed by atoms with Crippen LogP contribution in [0.5, 0.6) is 5.75 Å². The highest BCUT2D eigenvalue weighted by atomic mass is 19.4. The number of benzene rings is 1. The smallest absolute Gasteiger partial charge is 0.417 e. The molecule has 114 valence electrons. The van der Waals surface area contributed by atoms with Gasteiger partial charge < -0.3 is 15.2 Å². The number of halogens is 4. The van der Waals surface area contributed by atoms with Gasteiger partial charge in [-0.05, 0) is 18.2 Å². The van der Waals surface area contributed by atoms with Crippen LogP contribution >= 0.6 is 0 Å². The number of nitrogens with one attached hydrogen (secondary N) is 1. The van der Waals surface area contributed by atoms with Gasteiger partial charge in [-0.15, -0.1) is 0 Å². The summed E-state index contributed by atoms with van der Waals surface area (Å²) in [5, 5.41) is 11.9. The highest BCUT2D eigenvalue weighted by Gasteiger charge is 2.38. The first kappa shape index (κ1) is 16.7. The van der Waals surface area contributed by atoms with E-state index in [0.29, 0.717) is 5.56 Å². The van der Waals surface area contributed by atoms with Gasteiger partial charge in [0.2, 0.25) is 0 Å². The van der Waals surface area contributed by atoms with Gasteiger partial charge in [0.25, 0.3) is 0 Å². The summed E-state index contributed by atoms with van der Waals surface area (Å²) in [6.07, 6.45) is -7.31. The van der Waals surface area contributed by atoms with E-state index in [-0.39, 0.29) is 18.3 Å². The number of aliphatic hydroxyl groups is 1. The van der Waals surface area contributed by atoms with E-state index < -0.39 is 24.7 Å². The van der Waals surface area contributed by atoms with Gasteiger partial charge in [0.05, 0.1) is 0 Å². The molecule has 0 radical (unpaired) electrons. The molecule has 2 N–H and O–H groups in total. The van der Waals surface area contributed by atoms with E-state index in [4.69, 9.17) is 9.84 Å².